The number of aryl methyl sites for hydroxylation is 2. The summed E-state index contributed by atoms with van der Waals surface area (Å²) in [6, 6.07) is 3.91. The quantitative estimate of drug-likeness (QED) is 0.729. The van der Waals surface area contributed by atoms with Crippen LogP contribution in [-0.2, 0) is 17.6 Å². The van der Waals surface area contributed by atoms with E-state index in [4.69, 9.17) is 14.7 Å². The number of hydrogen-bond acceptors (Lipinski definition) is 6. The van der Waals surface area contributed by atoms with Crippen molar-refractivity contribution in [2.75, 3.05) is 25.6 Å². The highest BCUT2D eigenvalue weighted by Gasteiger charge is 2.22. The van der Waals surface area contributed by atoms with Gasteiger partial charge in [0.25, 0.3) is 0 Å². The highest BCUT2D eigenvalue weighted by Crippen LogP contribution is 2.40. The maximum Gasteiger partial charge on any atom is 0.164 e. The third-order valence-corrected chi connectivity index (χ3v) is 5.27. The summed E-state index contributed by atoms with van der Waals surface area (Å²) in [7, 11) is 1.71. The maximum atomic E-state index is 5.15. The van der Waals surface area contributed by atoms with Gasteiger partial charge in [0.05, 0.1) is 12.0 Å². The Hall–Kier alpha value is -2.05. The van der Waals surface area contributed by atoms with Crippen LogP contribution in [-0.4, -0.2) is 35.2 Å². The number of nitrogens with zero attached hydrogens (tertiary/aromatic N) is 3. The van der Waals surface area contributed by atoms with E-state index in [9.17, 15) is 0 Å². The fourth-order valence-electron chi connectivity index (χ4n) is 3.02. The van der Waals surface area contributed by atoms with Gasteiger partial charge >= 0.3 is 0 Å². The van der Waals surface area contributed by atoms with E-state index < -0.39 is 0 Å². The second kappa shape index (κ2) is 6.22. The molecular formula is C17H18N4OS. The normalized spacial score (nSPS) is 13.4. The van der Waals surface area contributed by atoms with Crippen LogP contribution in [0.15, 0.2) is 24.5 Å². The molecule has 6 heteroatoms. The standard InChI is InChI=1S/C17H18N4OS/c1-22-9-8-19-16-14-12-5-2-6-13(12)23-17(14)21-15(20-16)11-4-3-7-18-10-11/h3-4,7,10H,2,5-6,8-9H2,1H3,(H,19,20,21). The first-order chi connectivity index (χ1) is 11.4. The Morgan fingerprint density at radius 3 is 3.09 bits per heavy atom. The number of nitrogens with one attached hydrogen (secondary N) is 1. The molecule has 0 aliphatic heterocycles. The van der Waals surface area contributed by atoms with E-state index >= 15 is 0 Å². The molecule has 23 heavy (non-hydrogen) atoms. The summed E-state index contributed by atoms with van der Waals surface area (Å²) in [6.07, 6.45) is 7.10. The summed E-state index contributed by atoms with van der Waals surface area (Å²) >= 11 is 1.81. The van der Waals surface area contributed by atoms with E-state index in [1.165, 1.54) is 22.2 Å². The summed E-state index contributed by atoms with van der Waals surface area (Å²) in [6.45, 7) is 1.39. The molecule has 3 aromatic heterocycles. The number of pyridine rings is 1. The second-order valence-corrected chi connectivity index (χ2v) is 6.68. The molecule has 118 valence electrons. The summed E-state index contributed by atoms with van der Waals surface area (Å²) in [5.74, 6) is 1.65. The van der Waals surface area contributed by atoms with Crippen LogP contribution in [0.2, 0.25) is 0 Å². The average molecular weight is 326 g/mol. The highest BCUT2D eigenvalue weighted by molar-refractivity contribution is 7.19. The van der Waals surface area contributed by atoms with E-state index in [2.05, 4.69) is 10.3 Å². The lowest BCUT2D eigenvalue weighted by Gasteiger charge is -2.09. The number of anilines is 1. The maximum absolute atomic E-state index is 5.15. The Bertz CT molecular complexity index is 831. The molecule has 4 rings (SSSR count). The number of thiophene rings is 1. The van der Waals surface area contributed by atoms with Crippen LogP contribution in [0.5, 0.6) is 0 Å². The van der Waals surface area contributed by atoms with Crippen molar-refractivity contribution >= 4 is 27.4 Å². The van der Waals surface area contributed by atoms with Gasteiger partial charge in [0.15, 0.2) is 5.82 Å². The lowest BCUT2D eigenvalue weighted by Crippen LogP contribution is -2.10. The molecule has 0 aromatic carbocycles. The Balaban J connectivity index is 1.84. The summed E-state index contributed by atoms with van der Waals surface area (Å²) in [4.78, 5) is 16.3. The predicted molar refractivity (Wildman–Crippen MR) is 93.0 cm³/mol. The van der Waals surface area contributed by atoms with Crippen molar-refractivity contribution in [2.45, 2.75) is 19.3 Å². The largest absolute Gasteiger partial charge is 0.383 e. The zero-order valence-electron chi connectivity index (χ0n) is 13.0. The lowest BCUT2D eigenvalue weighted by molar-refractivity contribution is 0.210. The summed E-state index contributed by atoms with van der Waals surface area (Å²) < 4.78 is 5.15. The molecule has 5 nitrogen and oxygen atoms in total. The summed E-state index contributed by atoms with van der Waals surface area (Å²) in [5.41, 5.74) is 2.38. The Kier molecular flexibility index (Phi) is 3.93. The molecule has 0 radical (unpaired) electrons. The Morgan fingerprint density at radius 1 is 1.30 bits per heavy atom. The van der Waals surface area contributed by atoms with Gasteiger partial charge in [0.2, 0.25) is 0 Å². The molecular weight excluding hydrogens is 308 g/mol. The highest BCUT2D eigenvalue weighted by atomic mass is 32.1. The number of rotatable bonds is 5. The zero-order valence-corrected chi connectivity index (χ0v) is 13.8. The SMILES string of the molecule is COCCNc1nc(-c2cccnc2)nc2sc3c(c12)CCC3. The third-order valence-electron chi connectivity index (χ3n) is 4.08. The number of ether oxygens (including phenoxy) is 1. The van der Waals surface area contributed by atoms with Gasteiger partial charge in [-0.2, -0.15) is 0 Å². The molecule has 0 atom stereocenters. The molecule has 3 aromatic rings. The number of aromatic nitrogens is 3. The molecule has 0 saturated heterocycles. The van der Waals surface area contributed by atoms with Crippen LogP contribution in [0.4, 0.5) is 5.82 Å². The van der Waals surface area contributed by atoms with E-state index in [1.54, 1.807) is 30.8 Å². The molecule has 0 unspecified atom stereocenters. The lowest BCUT2D eigenvalue weighted by atomic mass is 10.2. The topological polar surface area (TPSA) is 59.9 Å². The van der Waals surface area contributed by atoms with E-state index in [1.807, 2.05) is 12.1 Å². The monoisotopic (exact) mass is 326 g/mol. The van der Waals surface area contributed by atoms with Crippen LogP contribution >= 0.6 is 11.3 Å². The van der Waals surface area contributed by atoms with Gasteiger partial charge in [-0.05, 0) is 37.0 Å². The van der Waals surface area contributed by atoms with E-state index in [0.29, 0.717) is 6.61 Å². The third kappa shape index (κ3) is 2.68. The van der Waals surface area contributed by atoms with E-state index in [-0.39, 0.29) is 0 Å². The number of fused-ring (bicyclic) bond motifs is 3. The molecule has 0 fully saturated rings. The van der Waals surface area contributed by atoms with Crippen LogP contribution < -0.4 is 5.32 Å². The Labute approximate surface area is 138 Å². The van der Waals surface area contributed by atoms with Crippen LogP contribution in [0.1, 0.15) is 16.9 Å². The van der Waals surface area contributed by atoms with Crippen molar-refractivity contribution in [1.29, 1.82) is 0 Å². The molecule has 0 bridgehead atoms. The molecule has 0 spiro atoms. The molecule has 0 saturated carbocycles. The van der Waals surface area contributed by atoms with Gasteiger partial charge < -0.3 is 10.1 Å². The molecule has 3 heterocycles. The molecule has 1 aliphatic carbocycles. The van der Waals surface area contributed by atoms with Crippen LogP contribution in [0.25, 0.3) is 21.6 Å². The van der Waals surface area contributed by atoms with Gasteiger partial charge in [0, 0.05) is 36.5 Å². The fourth-order valence-corrected chi connectivity index (χ4v) is 4.28. The van der Waals surface area contributed by atoms with Crippen LogP contribution in [0, 0.1) is 0 Å². The Morgan fingerprint density at radius 2 is 2.26 bits per heavy atom. The minimum absolute atomic E-state index is 0.653. The van der Waals surface area contributed by atoms with Crippen molar-refractivity contribution in [3.05, 3.63) is 35.0 Å². The van der Waals surface area contributed by atoms with Gasteiger partial charge in [-0.15, -0.1) is 11.3 Å². The summed E-state index contributed by atoms with van der Waals surface area (Å²) in [5, 5.41) is 4.62. The molecule has 0 amide bonds. The minimum atomic E-state index is 0.653. The van der Waals surface area contributed by atoms with Crippen LogP contribution in [0.3, 0.4) is 0 Å². The second-order valence-electron chi connectivity index (χ2n) is 5.59. The van der Waals surface area contributed by atoms with Gasteiger partial charge in [-0.1, -0.05) is 0 Å². The average Bonchev–Trinajstić information content (AvgIpc) is 3.16. The molecule has 1 N–H and O–H groups in total. The van der Waals surface area contributed by atoms with Gasteiger partial charge in [0.1, 0.15) is 10.6 Å². The first-order valence-corrected chi connectivity index (χ1v) is 8.64. The van der Waals surface area contributed by atoms with Crippen molar-refractivity contribution in [3.8, 4) is 11.4 Å². The van der Waals surface area contributed by atoms with Crippen molar-refractivity contribution < 1.29 is 4.74 Å². The first kappa shape index (κ1) is 14.5. The van der Waals surface area contributed by atoms with Crippen molar-refractivity contribution in [1.82, 2.24) is 15.0 Å². The van der Waals surface area contributed by atoms with Crippen molar-refractivity contribution in [2.24, 2.45) is 0 Å². The fraction of sp³-hybridized carbons (Fsp3) is 0.353. The number of methoxy groups -OCH3 is 1. The molecule has 1 aliphatic rings. The first-order valence-electron chi connectivity index (χ1n) is 7.82. The minimum Gasteiger partial charge on any atom is -0.383 e. The smallest absolute Gasteiger partial charge is 0.164 e. The van der Waals surface area contributed by atoms with Gasteiger partial charge in [-0.3, -0.25) is 4.98 Å². The van der Waals surface area contributed by atoms with Crippen molar-refractivity contribution in [3.63, 3.8) is 0 Å². The number of hydrogen-bond donors (Lipinski definition) is 1. The zero-order chi connectivity index (χ0) is 15.6. The van der Waals surface area contributed by atoms with E-state index in [0.717, 1.165) is 41.4 Å². The van der Waals surface area contributed by atoms with Gasteiger partial charge in [-0.25, -0.2) is 9.97 Å². The predicted octanol–water partition coefficient (Wildman–Crippen LogP) is 3.30.